The number of aromatic nitrogens is 2. The summed E-state index contributed by atoms with van der Waals surface area (Å²) in [6.07, 6.45) is 2.62. The van der Waals surface area contributed by atoms with Gasteiger partial charge in [0.15, 0.2) is 0 Å². The van der Waals surface area contributed by atoms with E-state index in [1.807, 2.05) is 0 Å². The molecule has 0 spiro atoms. The lowest BCUT2D eigenvalue weighted by atomic mass is 10.1. The lowest BCUT2D eigenvalue weighted by Gasteiger charge is -2.33. The van der Waals surface area contributed by atoms with Gasteiger partial charge in [-0.1, -0.05) is 6.92 Å². The molecule has 2 rings (SSSR count). The van der Waals surface area contributed by atoms with Crippen LogP contribution in [-0.4, -0.2) is 40.4 Å². The van der Waals surface area contributed by atoms with Crippen LogP contribution in [-0.2, 0) is 13.1 Å². The molecule has 1 atom stereocenters. The van der Waals surface area contributed by atoms with Gasteiger partial charge in [-0.15, -0.1) is 0 Å². The molecule has 1 aromatic rings. The van der Waals surface area contributed by atoms with Crippen molar-refractivity contribution in [3.63, 3.8) is 0 Å². The van der Waals surface area contributed by atoms with Gasteiger partial charge in [-0.05, 0) is 45.8 Å². The monoisotopic (exact) mass is 250 g/mol. The molecule has 1 aliphatic heterocycles. The van der Waals surface area contributed by atoms with Gasteiger partial charge in [-0.25, -0.2) is 0 Å². The Balaban J connectivity index is 2.04. The zero-order chi connectivity index (χ0) is 13.0. The molecule has 1 saturated heterocycles. The Bertz CT molecular complexity index is 366. The van der Waals surface area contributed by atoms with Gasteiger partial charge in [0.1, 0.15) is 0 Å². The number of hydrogen-bond donors (Lipinski definition) is 1. The summed E-state index contributed by atoms with van der Waals surface area (Å²) >= 11 is 0. The molecule has 18 heavy (non-hydrogen) atoms. The van der Waals surface area contributed by atoms with Crippen LogP contribution in [0, 0.1) is 6.92 Å². The van der Waals surface area contributed by atoms with Crippen LogP contribution in [0.3, 0.4) is 0 Å². The van der Waals surface area contributed by atoms with Crippen LogP contribution in [0.25, 0.3) is 0 Å². The topological polar surface area (TPSA) is 33.1 Å². The number of rotatable bonds is 5. The SMILES string of the molecule is CCN(Cc1cc(C)nn1CC)C1CCCNC1. The van der Waals surface area contributed by atoms with Crippen molar-refractivity contribution in [3.8, 4) is 0 Å². The summed E-state index contributed by atoms with van der Waals surface area (Å²) in [7, 11) is 0. The van der Waals surface area contributed by atoms with E-state index < -0.39 is 0 Å². The molecule has 0 saturated carbocycles. The Morgan fingerprint density at radius 3 is 2.94 bits per heavy atom. The van der Waals surface area contributed by atoms with Gasteiger partial charge in [0, 0.05) is 25.7 Å². The first-order chi connectivity index (χ1) is 8.74. The highest BCUT2D eigenvalue weighted by Gasteiger charge is 2.20. The lowest BCUT2D eigenvalue weighted by molar-refractivity contribution is 0.162. The third kappa shape index (κ3) is 3.12. The summed E-state index contributed by atoms with van der Waals surface area (Å²) in [6, 6.07) is 2.91. The average molecular weight is 250 g/mol. The van der Waals surface area contributed by atoms with Crippen LogP contribution < -0.4 is 5.32 Å². The molecule has 1 unspecified atom stereocenters. The van der Waals surface area contributed by atoms with Gasteiger partial charge >= 0.3 is 0 Å². The van der Waals surface area contributed by atoms with Gasteiger partial charge in [0.05, 0.1) is 11.4 Å². The fourth-order valence-electron chi connectivity index (χ4n) is 2.85. The highest BCUT2D eigenvalue weighted by atomic mass is 15.3. The summed E-state index contributed by atoms with van der Waals surface area (Å²) in [6.45, 7) is 11.9. The van der Waals surface area contributed by atoms with Crippen LogP contribution in [0.2, 0.25) is 0 Å². The van der Waals surface area contributed by atoms with E-state index in [9.17, 15) is 0 Å². The molecule has 4 heteroatoms. The summed E-state index contributed by atoms with van der Waals surface area (Å²) in [5.41, 5.74) is 2.48. The first-order valence-corrected chi connectivity index (χ1v) is 7.22. The van der Waals surface area contributed by atoms with Crippen molar-refractivity contribution >= 4 is 0 Å². The van der Waals surface area contributed by atoms with E-state index in [1.54, 1.807) is 0 Å². The Morgan fingerprint density at radius 1 is 1.50 bits per heavy atom. The number of nitrogens with one attached hydrogen (secondary N) is 1. The number of likely N-dealkylation sites (N-methyl/N-ethyl adjacent to an activating group) is 1. The lowest BCUT2D eigenvalue weighted by Crippen LogP contribution is -2.45. The van der Waals surface area contributed by atoms with Crippen LogP contribution in [0.5, 0.6) is 0 Å². The largest absolute Gasteiger partial charge is 0.315 e. The predicted octanol–water partition coefficient (Wildman–Crippen LogP) is 1.79. The van der Waals surface area contributed by atoms with Crippen molar-refractivity contribution < 1.29 is 0 Å². The minimum Gasteiger partial charge on any atom is -0.315 e. The molecule has 0 amide bonds. The van der Waals surface area contributed by atoms with E-state index in [-0.39, 0.29) is 0 Å². The van der Waals surface area contributed by atoms with Gasteiger partial charge in [0.25, 0.3) is 0 Å². The van der Waals surface area contributed by atoms with Crippen molar-refractivity contribution in [2.24, 2.45) is 0 Å². The van der Waals surface area contributed by atoms with E-state index in [4.69, 9.17) is 0 Å². The first-order valence-electron chi connectivity index (χ1n) is 7.22. The Morgan fingerprint density at radius 2 is 2.33 bits per heavy atom. The zero-order valence-corrected chi connectivity index (χ0v) is 11.9. The van der Waals surface area contributed by atoms with Crippen molar-refractivity contribution in [2.45, 2.75) is 52.7 Å². The second-order valence-electron chi connectivity index (χ2n) is 5.16. The summed E-state index contributed by atoms with van der Waals surface area (Å²) in [5, 5.41) is 8.04. The molecule has 2 heterocycles. The normalized spacial score (nSPS) is 20.6. The number of piperidine rings is 1. The highest BCUT2D eigenvalue weighted by molar-refractivity contribution is 5.09. The van der Waals surface area contributed by atoms with Crippen LogP contribution in [0.15, 0.2) is 6.07 Å². The van der Waals surface area contributed by atoms with Gasteiger partial charge in [-0.3, -0.25) is 9.58 Å². The fraction of sp³-hybridized carbons (Fsp3) is 0.786. The minimum absolute atomic E-state index is 0.685. The number of nitrogens with zero attached hydrogens (tertiary/aromatic N) is 3. The van der Waals surface area contributed by atoms with Crippen LogP contribution in [0.1, 0.15) is 38.1 Å². The third-order valence-electron chi connectivity index (χ3n) is 3.84. The summed E-state index contributed by atoms with van der Waals surface area (Å²) in [4.78, 5) is 2.58. The average Bonchev–Trinajstić information content (AvgIpc) is 2.77. The van der Waals surface area contributed by atoms with E-state index in [0.29, 0.717) is 6.04 Å². The Kier molecular flexibility index (Phi) is 4.78. The van der Waals surface area contributed by atoms with E-state index in [0.717, 1.165) is 31.9 Å². The molecule has 4 nitrogen and oxygen atoms in total. The van der Waals surface area contributed by atoms with E-state index in [2.05, 4.69) is 46.8 Å². The standard InChI is InChI=1S/C14H26N4/c1-4-17(13-7-6-8-15-10-13)11-14-9-12(3)16-18(14)5-2/h9,13,15H,4-8,10-11H2,1-3H3. The van der Waals surface area contributed by atoms with E-state index in [1.165, 1.54) is 25.1 Å². The van der Waals surface area contributed by atoms with Crippen LogP contribution in [0.4, 0.5) is 0 Å². The van der Waals surface area contributed by atoms with Crippen molar-refractivity contribution in [1.82, 2.24) is 20.0 Å². The molecule has 102 valence electrons. The molecule has 0 radical (unpaired) electrons. The highest BCUT2D eigenvalue weighted by Crippen LogP contribution is 2.15. The second kappa shape index (κ2) is 6.34. The van der Waals surface area contributed by atoms with Crippen molar-refractivity contribution in [2.75, 3.05) is 19.6 Å². The maximum atomic E-state index is 4.54. The van der Waals surface area contributed by atoms with E-state index >= 15 is 0 Å². The molecule has 0 aromatic carbocycles. The summed E-state index contributed by atoms with van der Waals surface area (Å²) < 4.78 is 2.13. The molecule has 1 N–H and O–H groups in total. The maximum absolute atomic E-state index is 4.54. The fourth-order valence-corrected chi connectivity index (χ4v) is 2.85. The molecular formula is C14H26N4. The molecule has 0 aliphatic carbocycles. The van der Waals surface area contributed by atoms with Crippen LogP contribution >= 0.6 is 0 Å². The quantitative estimate of drug-likeness (QED) is 0.865. The Hall–Kier alpha value is -0.870. The minimum atomic E-state index is 0.685. The van der Waals surface area contributed by atoms with Crippen molar-refractivity contribution in [3.05, 3.63) is 17.5 Å². The van der Waals surface area contributed by atoms with Gasteiger partial charge in [0.2, 0.25) is 0 Å². The second-order valence-corrected chi connectivity index (χ2v) is 5.16. The summed E-state index contributed by atoms with van der Waals surface area (Å²) in [5.74, 6) is 0. The first kappa shape index (κ1) is 13.6. The van der Waals surface area contributed by atoms with Gasteiger partial charge < -0.3 is 5.32 Å². The van der Waals surface area contributed by atoms with Gasteiger partial charge in [-0.2, -0.15) is 5.10 Å². The third-order valence-corrected chi connectivity index (χ3v) is 3.84. The molecule has 1 fully saturated rings. The predicted molar refractivity (Wildman–Crippen MR) is 74.6 cm³/mol. The maximum Gasteiger partial charge on any atom is 0.0597 e. The molecule has 0 bridgehead atoms. The molecule has 1 aliphatic rings. The molecule has 1 aromatic heterocycles. The smallest absolute Gasteiger partial charge is 0.0597 e. The number of hydrogen-bond acceptors (Lipinski definition) is 3. The zero-order valence-electron chi connectivity index (χ0n) is 11.9. The Labute approximate surface area is 110 Å². The van der Waals surface area contributed by atoms with Crippen molar-refractivity contribution in [1.29, 1.82) is 0 Å². The number of aryl methyl sites for hydroxylation is 2. The molecular weight excluding hydrogens is 224 g/mol.